The van der Waals surface area contributed by atoms with Crippen LogP contribution in [0, 0.1) is 12.7 Å². The molecule has 0 aliphatic rings. The van der Waals surface area contributed by atoms with Gasteiger partial charge in [-0.25, -0.2) is 12.8 Å². The number of sulfonamides is 1. The zero-order chi connectivity index (χ0) is 19.4. The van der Waals surface area contributed by atoms with Crippen LogP contribution in [0.25, 0.3) is 0 Å². The third-order valence-electron chi connectivity index (χ3n) is 3.83. The molecule has 138 valence electrons. The Balaban J connectivity index is 1.72. The first-order valence-electron chi connectivity index (χ1n) is 8.10. The lowest BCUT2D eigenvalue weighted by molar-refractivity contribution is 0.102. The van der Waals surface area contributed by atoms with Gasteiger partial charge in [-0.1, -0.05) is 17.7 Å². The van der Waals surface area contributed by atoms with Gasteiger partial charge in [-0.2, -0.15) is 0 Å². The normalized spacial score (nSPS) is 11.0. The van der Waals surface area contributed by atoms with Crippen LogP contribution in [-0.2, 0) is 10.0 Å². The number of rotatable bonds is 5. The lowest BCUT2D eigenvalue weighted by Gasteiger charge is -2.09. The quantitative estimate of drug-likeness (QED) is 0.693. The minimum Gasteiger partial charge on any atom is -0.322 e. The molecule has 0 aliphatic heterocycles. The van der Waals surface area contributed by atoms with E-state index in [1.807, 2.05) is 6.92 Å². The van der Waals surface area contributed by atoms with E-state index >= 15 is 0 Å². The Kier molecular flexibility index (Phi) is 5.23. The van der Waals surface area contributed by atoms with E-state index in [1.54, 1.807) is 24.3 Å². The maximum absolute atomic E-state index is 12.9. The van der Waals surface area contributed by atoms with Crippen LogP contribution in [0.4, 0.5) is 15.8 Å². The van der Waals surface area contributed by atoms with E-state index in [1.165, 1.54) is 48.5 Å². The Morgan fingerprint density at radius 2 is 1.37 bits per heavy atom. The molecule has 5 nitrogen and oxygen atoms in total. The van der Waals surface area contributed by atoms with Gasteiger partial charge in [0.05, 0.1) is 4.90 Å². The van der Waals surface area contributed by atoms with Gasteiger partial charge in [0.2, 0.25) is 0 Å². The standard InChI is InChI=1S/C20H17FN2O3S/c1-14-2-8-18(9-3-14)23-27(25,26)19-12-4-15(5-13-19)20(24)22-17-10-6-16(21)7-11-17/h2-13,23H,1H3,(H,22,24). The predicted octanol–water partition coefficient (Wildman–Crippen LogP) is 4.19. The number of nitrogens with one attached hydrogen (secondary N) is 2. The number of carbonyl (C=O) groups excluding carboxylic acids is 1. The van der Waals surface area contributed by atoms with Gasteiger partial charge in [-0.15, -0.1) is 0 Å². The van der Waals surface area contributed by atoms with E-state index in [4.69, 9.17) is 0 Å². The number of hydrogen-bond acceptors (Lipinski definition) is 3. The van der Waals surface area contributed by atoms with Gasteiger partial charge >= 0.3 is 0 Å². The number of aryl methyl sites for hydroxylation is 1. The molecule has 3 rings (SSSR count). The second-order valence-corrected chi connectivity index (χ2v) is 7.64. The first-order valence-corrected chi connectivity index (χ1v) is 9.58. The summed E-state index contributed by atoms with van der Waals surface area (Å²) >= 11 is 0. The number of benzene rings is 3. The molecule has 0 saturated carbocycles. The summed E-state index contributed by atoms with van der Waals surface area (Å²) in [5.74, 6) is -0.819. The van der Waals surface area contributed by atoms with E-state index < -0.39 is 21.7 Å². The maximum Gasteiger partial charge on any atom is 0.261 e. The smallest absolute Gasteiger partial charge is 0.261 e. The van der Waals surface area contributed by atoms with Gasteiger partial charge < -0.3 is 5.32 Å². The first-order chi connectivity index (χ1) is 12.8. The molecule has 0 unspecified atom stereocenters. The molecular formula is C20H17FN2O3S. The average Bonchev–Trinajstić information content (AvgIpc) is 2.65. The van der Waals surface area contributed by atoms with Gasteiger partial charge in [-0.3, -0.25) is 9.52 Å². The second kappa shape index (κ2) is 7.59. The molecule has 0 aliphatic carbocycles. The van der Waals surface area contributed by atoms with E-state index in [9.17, 15) is 17.6 Å². The van der Waals surface area contributed by atoms with E-state index in [0.717, 1.165) is 5.56 Å². The highest BCUT2D eigenvalue weighted by molar-refractivity contribution is 7.92. The molecule has 3 aromatic rings. The van der Waals surface area contributed by atoms with Crippen molar-refractivity contribution in [3.8, 4) is 0 Å². The summed E-state index contributed by atoms with van der Waals surface area (Å²) in [7, 11) is -3.76. The fourth-order valence-corrected chi connectivity index (χ4v) is 3.42. The number of amides is 1. The van der Waals surface area contributed by atoms with Crippen LogP contribution in [0.2, 0.25) is 0 Å². The summed E-state index contributed by atoms with van der Waals surface area (Å²) in [4.78, 5) is 12.3. The molecule has 1 amide bonds. The van der Waals surface area contributed by atoms with Crippen LogP contribution in [0.3, 0.4) is 0 Å². The van der Waals surface area contributed by atoms with Crippen molar-refractivity contribution in [2.75, 3.05) is 10.0 Å². The van der Waals surface area contributed by atoms with Crippen LogP contribution in [0.5, 0.6) is 0 Å². The largest absolute Gasteiger partial charge is 0.322 e. The molecule has 0 bridgehead atoms. The Labute approximate surface area is 156 Å². The molecule has 2 N–H and O–H groups in total. The Hall–Kier alpha value is -3.19. The first kappa shape index (κ1) is 18.6. The molecule has 7 heteroatoms. The molecule has 0 atom stereocenters. The molecule has 0 saturated heterocycles. The zero-order valence-electron chi connectivity index (χ0n) is 14.4. The summed E-state index contributed by atoms with van der Waals surface area (Å²) in [6.07, 6.45) is 0. The minimum atomic E-state index is -3.76. The summed E-state index contributed by atoms with van der Waals surface area (Å²) in [6, 6.07) is 17.9. The molecule has 0 fully saturated rings. The zero-order valence-corrected chi connectivity index (χ0v) is 15.3. The molecular weight excluding hydrogens is 367 g/mol. The van der Waals surface area contributed by atoms with Crippen molar-refractivity contribution in [2.45, 2.75) is 11.8 Å². The van der Waals surface area contributed by atoms with E-state index in [2.05, 4.69) is 10.0 Å². The molecule has 0 radical (unpaired) electrons. The fraction of sp³-hybridized carbons (Fsp3) is 0.0500. The van der Waals surface area contributed by atoms with Gasteiger partial charge in [0.1, 0.15) is 5.82 Å². The van der Waals surface area contributed by atoms with Crippen LogP contribution in [0.1, 0.15) is 15.9 Å². The summed E-state index contributed by atoms with van der Waals surface area (Å²) < 4.78 is 40.3. The van der Waals surface area contributed by atoms with Crippen molar-refractivity contribution in [1.29, 1.82) is 0 Å². The van der Waals surface area contributed by atoms with Crippen molar-refractivity contribution < 1.29 is 17.6 Å². The predicted molar refractivity (Wildman–Crippen MR) is 103 cm³/mol. The SMILES string of the molecule is Cc1ccc(NS(=O)(=O)c2ccc(C(=O)Nc3ccc(F)cc3)cc2)cc1. The van der Waals surface area contributed by atoms with E-state index in [-0.39, 0.29) is 10.5 Å². The second-order valence-electron chi connectivity index (χ2n) is 5.96. The van der Waals surface area contributed by atoms with Crippen molar-refractivity contribution >= 4 is 27.3 Å². The monoisotopic (exact) mass is 384 g/mol. The van der Waals surface area contributed by atoms with Gasteiger partial charge in [0.15, 0.2) is 0 Å². The van der Waals surface area contributed by atoms with Gasteiger partial charge in [0, 0.05) is 16.9 Å². The highest BCUT2D eigenvalue weighted by atomic mass is 32.2. The third kappa shape index (κ3) is 4.71. The van der Waals surface area contributed by atoms with Crippen LogP contribution in [0.15, 0.2) is 77.7 Å². The molecule has 0 aromatic heterocycles. The molecule has 0 spiro atoms. The third-order valence-corrected chi connectivity index (χ3v) is 5.23. The fourth-order valence-electron chi connectivity index (χ4n) is 2.36. The van der Waals surface area contributed by atoms with Crippen molar-refractivity contribution in [1.82, 2.24) is 0 Å². The molecule has 27 heavy (non-hydrogen) atoms. The summed E-state index contributed by atoms with van der Waals surface area (Å²) in [5.41, 5.74) is 2.21. The van der Waals surface area contributed by atoms with Crippen molar-refractivity contribution in [3.05, 3.63) is 89.7 Å². The minimum absolute atomic E-state index is 0.0430. The molecule has 3 aromatic carbocycles. The highest BCUT2D eigenvalue weighted by Gasteiger charge is 2.15. The Morgan fingerprint density at radius 3 is 1.96 bits per heavy atom. The van der Waals surface area contributed by atoms with Crippen LogP contribution in [-0.4, -0.2) is 14.3 Å². The van der Waals surface area contributed by atoms with Crippen LogP contribution >= 0.6 is 0 Å². The molecule has 0 heterocycles. The van der Waals surface area contributed by atoms with Gasteiger partial charge in [-0.05, 0) is 67.6 Å². The number of carbonyl (C=O) groups is 1. The summed E-state index contributed by atoms with van der Waals surface area (Å²) in [5, 5.41) is 2.62. The topological polar surface area (TPSA) is 75.3 Å². The van der Waals surface area contributed by atoms with Crippen molar-refractivity contribution in [2.24, 2.45) is 0 Å². The number of anilines is 2. The number of hydrogen-bond donors (Lipinski definition) is 2. The average molecular weight is 384 g/mol. The summed E-state index contributed by atoms with van der Waals surface area (Å²) in [6.45, 7) is 1.91. The Morgan fingerprint density at radius 1 is 0.815 bits per heavy atom. The van der Waals surface area contributed by atoms with Gasteiger partial charge in [0.25, 0.3) is 15.9 Å². The number of halogens is 1. The van der Waals surface area contributed by atoms with E-state index in [0.29, 0.717) is 11.4 Å². The van der Waals surface area contributed by atoms with Crippen LogP contribution < -0.4 is 10.0 Å². The lowest BCUT2D eigenvalue weighted by atomic mass is 10.2. The Bertz CT molecular complexity index is 1050. The highest BCUT2D eigenvalue weighted by Crippen LogP contribution is 2.18. The lowest BCUT2D eigenvalue weighted by Crippen LogP contribution is -2.14. The van der Waals surface area contributed by atoms with Crippen molar-refractivity contribution in [3.63, 3.8) is 0 Å². The maximum atomic E-state index is 12.9.